The molecule has 1 aliphatic rings. The van der Waals surface area contributed by atoms with Gasteiger partial charge in [0, 0.05) is 5.92 Å². The van der Waals surface area contributed by atoms with Gasteiger partial charge in [-0.15, -0.1) is 0 Å². The van der Waals surface area contributed by atoms with E-state index in [9.17, 15) is 13.2 Å². The lowest BCUT2D eigenvalue weighted by molar-refractivity contribution is -0.0969. The van der Waals surface area contributed by atoms with E-state index in [-0.39, 0.29) is 0 Å². The summed E-state index contributed by atoms with van der Waals surface area (Å²) in [5, 5.41) is -2.19. The maximum absolute atomic E-state index is 13.0. The summed E-state index contributed by atoms with van der Waals surface area (Å²) in [4.78, 5) is 0. The molecule has 4 heteroatoms. The van der Waals surface area contributed by atoms with Crippen molar-refractivity contribution in [3.63, 3.8) is 0 Å². The van der Waals surface area contributed by atoms with Gasteiger partial charge in [-0.1, -0.05) is 19.3 Å². The van der Waals surface area contributed by atoms with Crippen molar-refractivity contribution in [3.05, 3.63) is 0 Å². The molecule has 0 aromatic carbocycles. The minimum Gasteiger partial charge on any atom is -0.228 e. The minimum atomic E-state index is -3.18. The molecule has 0 N–H and O–H groups in total. The fourth-order valence-electron chi connectivity index (χ4n) is 1.67. The van der Waals surface area contributed by atoms with Crippen molar-refractivity contribution < 1.29 is 13.2 Å². The van der Waals surface area contributed by atoms with Crippen molar-refractivity contribution in [1.29, 1.82) is 0 Å². The molecule has 1 fully saturated rings. The van der Waals surface area contributed by atoms with Crippen LogP contribution in [-0.2, 0) is 0 Å². The van der Waals surface area contributed by atoms with Crippen LogP contribution in [0.3, 0.4) is 0 Å². The quantitative estimate of drug-likeness (QED) is 0.647. The van der Waals surface area contributed by atoms with Crippen LogP contribution in [0.5, 0.6) is 0 Å². The Balaban J connectivity index is 2.53. The first-order valence-electron chi connectivity index (χ1n) is 4.21. The zero-order valence-electron chi connectivity index (χ0n) is 6.70. The van der Waals surface area contributed by atoms with E-state index in [1.165, 1.54) is 0 Å². The molecule has 1 atom stereocenters. The molecule has 0 aliphatic heterocycles. The highest BCUT2D eigenvalue weighted by Crippen LogP contribution is 2.41. The molecular formula is C8H12BrF3. The third kappa shape index (κ3) is 2.15. The van der Waals surface area contributed by atoms with Crippen LogP contribution in [0.2, 0.25) is 0 Å². The predicted molar refractivity (Wildman–Crippen MR) is 45.3 cm³/mol. The summed E-state index contributed by atoms with van der Waals surface area (Å²) in [7, 11) is 0. The standard InChI is InChI=1S/C8H12BrF3/c9-7(10)8(11,12)6-4-2-1-3-5-6/h6-7H,1-5H2. The minimum absolute atomic E-state index is 0.457. The highest BCUT2D eigenvalue weighted by Gasteiger charge is 2.46. The average Bonchev–Trinajstić information content (AvgIpc) is 2.06. The van der Waals surface area contributed by atoms with Gasteiger partial charge in [-0.25, -0.2) is 13.2 Å². The van der Waals surface area contributed by atoms with Crippen LogP contribution >= 0.6 is 15.9 Å². The van der Waals surface area contributed by atoms with E-state index in [4.69, 9.17) is 0 Å². The highest BCUT2D eigenvalue weighted by atomic mass is 79.9. The van der Waals surface area contributed by atoms with Crippen LogP contribution in [0.1, 0.15) is 32.1 Å². The number of halogens is 4. The molecule has 1 unspecified atom stereocenters. The summed E-state index contributed by atoms with van der Waals surface area (Å²) in [6.45, 7) is 0. The summed E-state index contributed by atoms with van der Waals surface area (Å²) < 4.78 is 38.5. The van der Waals surface area contributed by atoms with Gasteiger partial charge < -0.3 is 0 Å². The molecule has 0 bridgehead atoms. The van der Waals surface area contributed by atoms with Gasteiger partial charge in [0.2, 0.25) is 5.08 Å². The molecule has 72 valence electrons. The van der Waals surface area contributed by atoms with E-state index in [0.29, 0.717) is 12.8 Å². The van der Waals surface area contributed by atoms with Crippen molar-refractivity contribution in [2.75, 3.05) is 0 Å². The van der Waals surface area contributed by atoms with Gasteiger partial charge in [-0.2, -0.15) is 0 Å². The van der Waals surface area contributed by atoms with Crippen molar-refractivity contribution in [2.24, 2.45) is 5.92 Å². The van der Waals surface area contributed by atoms with Gasteiger partial charge in [0.05, 0.1) is 0 Å². The Morgan fingerprint density at radius 3 is 2.08 bits per heavy atom. The molecule has 0 saturated heterocycles. The largest absolute Gasteiger partial charge is 0.291 e. The lowest BCUT2D eigenvalue weighted by Crippen LogP contribution is -2.36. The monoisotopic (exact) mass is 244 g/mol. The van der Waals surface area contributed by atoms with E-state index in [0.717, 1.165) is 19.3 Å². The Labute approximate surface area is 78.7 Å². The SMILES string of the molecule is FC(Br)C(F)(F)C1CCCCC1. The summed E-state index contributed by atoms with van der Waals surface area (Å²) in [5.41, 5.74) is 0. The first kappa shape index (κ1) is 10.4. The molecule has 0 amide bonds. The average molecular weight is 245 g/mol. The predicted octanol–water partition coefficient (Wildman–Crippen LogP) is 3.89. The van der Waals surface area contributed by atoms with Crippen molar-refractivity contribution in [1.82, 2.24) is 0 Å². The van der Waals surface area contributed by atoms with Gasteiger partial charge in [0.15, 0.2) is 0 Å². The van der Waals surface area contributed by atoms with E-state index in [1.54, 1.807) is 0 Å². The number of hydrogen-bond donors (Lipinski definition) is 0. The third-order valence-electron chi connectivity index (χ3n) is 2.44. The molecule has 12 heavy (non-hydrogen) atoms. The summed E-state index contributed by atoms with van der Waals surface area (Å²) in [6.07, 6.45) is 3.53. The number of hydrogen-bond acceptors (Lipinski definition) is 0. The lowest BCUT2D eigenvalue weighted by Gasteiger charge is -2.29. The van der Waals surface area contributed by atoms with E-state index >= 15 is 0 Å². The Morgan fingerprint density at radius 2 is 1.67 bits per heavy atom. The molecular weight excluding hydrogens is 233 g/mol. The summed E-state index contributed by atoms with van der Waals surface area (Å²) in [5.74, 6) is -3.94. The van der Waals surface area contributed by atoms with Crippen molar-refractivity contribution >= 4 is 15.9 Å². The number of rotatable bonds is 2. The first-order valence-corrected chi connectivity index (χ1v) is 5.12. The highest BCUT2D eigenvalue weighted by molar-refractivity contribution is 9.09. The Hall–Kier alpha value is 0.270. The molecule has 1 rings (SSSR count). The zero-order valence-corrected chi connectivity index (χ0v) is 8.29. The molecule has 1 saturated carbocycles. The molecule has 0 nitrogen and oxygen atoms in total. The lowest BCUT2D eigenvalue weighted by atomic mass is 9.85. The molecule has 1 aliphatic carbocycles. The van der Waals surface area contributed by atoms with Crippen molar-refractivity contribution in [2.45, 2.75) is 43.1 Å². The summed E-state index contributed by atoms with van der Waals surface area (Å²) >= 11 is 2.31. The molecule has 0 radical (unpaired) electrons. The Bertz CT molecular complexity index is 141. The maximum atomic E-state index is 13.0. The molecule has 0 aromatic heterocycles. The smallest absolute Gasteiger partial charge is 0.228 e. The zero-order chi connectivity index (χ0) is 9.19. The Kier molecular flexibility index (Phi) is 3.44. The molecule has 0 aromatic rings. The fourth-order valence-corrected chi connectivity index (χ4v) is 2.04. The first-order chi connectivity index (χ1) is 5.55. The topological polar surface area (TPSA) is 0 Å². The van der Waals surface area contributed by atoms with Gasteiger partial charge >= 0.3 is 0 Å². The maximum Gasteiger partial charge on any atom is 0.291 e. The normalized spacial score (nSPS) is 24.0. The second-order valence-electron chi connectivity index (χ2n) is 3.31. The molecule has 0 heterocycles. The van der Waals surface area contributed by atoms with Crippen LogP contribution in [0.4, 0.5) is 13.2 Å². The Morgan fingerprint density at radius 1 is 1.17 bits per heavy atom. The van der Waals surface area contributed by atoms with E-state index < -0.39 is 16.9 Å². The van der Waals surface area contributed by atoms with Crippen LogP contribution < -0.4 is 0 Å². The fraction of sp³-hybridized carbons (Fsp3) is 1.00. The van der Waals surface area contributed by atoms with Gasteiger partial charge in [0.25, 0.3) is 5.92 Å². The second kappa shape index (κ2) is 3.99. The van der Waals surface area contributed by atoms with Gasteiger partial charge in [-0.05, 0) is 28.8 Å². The third-order valence-corrected chi connectivity index (χ3v) is 3.05. The second-order valence-corrected chi connectivity index (χ2v) is 4.11. The van der Waals surface area contributed by atoms with Gasteiger partial charge in [-0.3, -0.25) is 0 Å². The molecule has 0 spiro atoms. The van der Waals surface area contributed by atoms with Crippen molar-refractivity contribution in [3.8, 4) is 0 Å². The van der Waals surface area contributed by atoms with Crippen LogP contribution in [0.15, 0.2) is 0 Å². The number of alkyl halides is 4. The van der Waals surface area contributed by atoms with Gasteiger partial charge in [0.1, 0.15) is 0 Å². The van der Waals surface area contributed by atoms with Crippen LogP contribution in [0.25, 0.3) is 0 Å². The van der Waals surface area contributed by atoms with Crippen LogP contribution in [0, 0.1) is 5.92 Å². The summed E-state index contributed by atoms with van der Waals surface area (Å²) in [6, 6.07) is 0. The van der Waals surface area contributed by atoms with E-state index in [2.05, 4.69) is 15.9 Å². The van der Waals surface area contributed by atoms with E-state index in [1.807, 2.05) is 0 Å². The van der Waals surface area contributed by atoms with Crippen LogP contribution in [-0.4, -0.2) is 11.0 Å².